The van der Waals surface area contributed by atoms with Crippen LogP contribution < -0.4 is 10.6 Å². The van der Waals surface area contributed by atoms with Crippen molar-refractivity contribution >= 4 is 17.5 Å². The van der Waals surface area contributed by atoms with Crippen LogP contribution in [0.5, 0.6) is 0 Å². The standard InChI is InChI=1S/C18H23N5O2/c1-13(2)22-10-8-19-18(25)16(22)12-17(24)21-14-5-3-6-15(11-14)23-9-4-7-20-23/h3-7,9,11,13,16H,8,10,12H2,1-2H3,(H,19,25)(H,21,24). The summed E-state index contributed by atoms with van der Waals surface area (Å²) >= 11 is 0. The topological polar surface area (TPSA) is 79.3 Å². The molecule has 1 aromatic heterocycles. The highest BCUT2D eigenvalue weighted by molar-refractivity contribution is 5.95. The quantitative estimate of drug-likeness (QED) is 0.862. The number of rotatable bonds is 5. The van der Waals surface area contributed by atoms with Gasteiger partial charge in [-0.1, -0.05) is 6.07 Å². The number of benzene rings is 1. The Hall–Kier alpha value is -2.67. The predicted octanol–water partition coefficient (Wildman–Crippen LogP) is 1.41. The number of nitrogens with one attached hydrogen (secondary N) is 2. The average molecular weight is 341 g/mol. The first-order valence-corrected chi connectivity index (χ1v) is 8.48. The maximum Gasteiger partial charge on any atom is 0.237 e. The third kappa shape index (κ3) is 4.06. The summed E-state index contributed by atoms with van der Waals surface area (Å²) < 4.78 is 1.73. The maximum atomic E-state index is 12.5. The molecule has 25 heavy (non-hydrogen) atoms. The van der Waals surface area contributed by atoms with Gasteiger partial charge in [0.1, 0.15) is 0 Å². The fraction of sp³-hybridized carbons (Fsp3) is 0.389. The van der Waals surface area contributed by atoms with Crippen LogP contribution in [0.1, 0.15) is 20.3 Å². The van der Waals surface area contributed by atoms with Gasteiger partial charge in [0.2, 0.25) is 11.8 Å². The molecule has 1 saturated heterocycles. The lowest BCUT2D eigenvalue weighted by Gasteiger charge is -2.37. The molecule has 7 nitrogen and oxygen atoms in total. The lowest BCUT2D eigenvalue weighted by atomic mass is 10.1. The van der Waals surface area contributed by atoms with Gasteiger partial charge >= 0.3 is 0 Å². The van der Waals surface area contributed by atoms with Crippen molar-refractivity contribution in [2.45, 2.75) is 32.4 Å². The molecule has 0 aliphatic carbocycles. The lowest BCUT2D eigenvalue weighted by Crippen LogP contribution is -2.58. The number of hydrogen-bond acceptors (Lipinski definition) is 4. The fourth-order valence-corrected chi connectivity index (χ4v) is 3.10. The number of amides is 2. The molecular formula is C18H23N5O2. The summed E-state index contributed by atoms with van der Waals surface area (Å²) in [6, 6.07) is 9.08. The fourth-order valence-electron chi connectivity index (χ4n) is 3.10. The third-order valence-corrected chi connectivity index (χ3v) is 4.31. The summed E-state index contributed by atoms with van der Waals surface area (Å²) in [4.78, 5) is 26.7. The van der Waals surface area contributed by atoms with Crippen LogP contribution in [-0.2, 0) is 9.59 Å². The minimum Gasteiger partial charge on any atom is -0.353 e. The van der Waals surface area contributed by atoms with Gasteiger partial charge in [-0.15, -0.1) is 0 Å². The Bertz CT molecular complexity index is 742. The molecular weight excluding hydrogens is 318 g/mol. The maximum absolute atomic E-state index is 12.5. The molecule has 0 spiro atoms. The molecule has 0 radical (unpaired) electrons. The van der Waals surface area contributed by atoms with E-state index in [4.69, 9.17) is 0 Å². The molecule has 2 aromatic rings. The number of piperazine rings is 1. The van der Waals surface area contributed by atoms with Gasteiger partial charge < -0.3 is 10.6 Å². The minimum atomic E-state index is -0.428. The van der Waals surface area contributed by atoms with Crippen molar-refractivity contribution in [1.29, 1.82) is 0 Å². The van der Waals surface area contributed by atoms with Crippen LogP contribution in [0.2, 0.25) is 0 Å². The van der Waals surface area contributed by atoms with Crippen molar-refractivity contribution < 1.29 is 9.59 Å². The molecule has 1 aliphatic heterocycles. The zero-order valence-electron chi connectivity index (χ0n) is 14.5. The first-order chi connectivity index (χ1) is 12.0. The Morgan fingerprint density at radius 1 is 1.40 bits per heavy atom. The minimum absolute atomic E-state index is 0.0830. The zero-order valence-corrected chi connectivity index (χ0v) is 14.5. The number of carbonyl (C=O) groups is 2. The number of hydrogen-bond donors (Lipinski definition) is 2. The second-order valence-corrected chi connectivity index (χ2v) is 6.39. The zero-order chi connectivity index (χ0) is 17.8. The van der Waals surface area contributed by atoms with E-state index in [0.29, 0.717) is 12.2 Å². The molecule has 2 heterocycles. The molecule has 0 saturated carbocycles. The van der Waals surface area contributed by atoms with E-state index >= 15 is 0 Å². The molecule has 1 aromatic carbocycles. The SMILES string of the molecule is CC(C)N1CCNC(=O)C1CC(=O)Nc1cccc(-n2cccn2)c1. The van der Waals surface area contributed by atoms with Gasteiger partial charge in [0, 0.05) is 37.2 Å². The van der Waals surface area contributed by atoms with Crippen molar-refractivity contribution in [2.75, 3.05) is 18.4 Å². The summed E-state index contributed by atoms with van der Waals surface area (Å²) in [6.45, 7) is 5.46. The van der Waals surface area contributed by atoms with Crippen LogP contribution >= 0.6 is 0 Å². The van der Waals surface area contributed by atoms with Gasteiger partial charge in [0.25, 0.3) is 0 Å². The Balaban J connectivity index is 1.68. The molecule has 1 aliphatic rings. The van der Waals surface area contributed by atoms with E-state index in [1.807, 2.05) is 50.4 Å². The molecule has 2 amide bonds. The predicted molar refractivity (Wildman–Crippen MR) is 95.5 cm³/mol. The van der Waals surface area contributed by atoms with E-state index < -0.39 is 6.04 Å². The van der Waals surface area contributed by atoms with Crippen molar-refractivity contribution in [1.82, 2.24) is 20.0 Å². The van der Waals surface area contributed by atoms with Crippen molar-refractivity contribution in [2.24, 2.45) is 0 Å². The highest BCUT2D eigenvalue weighted by Gasteiger charge is 2.32. The highest BCUT2D eigenvalue weighted by atomic mass is 16.2. The summed E-state index contributed by atoms with van der Waals surface area (Å²) in [5.74, 6) is -0.259. The Morgan fingerprint density at radius 3 is 2.96 bits per heavy atom. The van der Waals surface area contributed by atoms with E-state index in [9.17, 15) is 9.59 Å². The lowest BCUT2D eigenvalue weighted by molar-refractivity contribution is -0.133. The number of nitrogens with zero attached hydrogens (tertiary/aromatic N) is 3. The Kier molecular flexibility index (Phi) is 5.14. The molecule has 2 N–H and O–H groups in total. The van der Waals surface area contributed by atoms with Gasteiger partial charge in [-0.2, -0.15) is 5.10 Å². The Morgan fingerprint density at radius 2 is 2.24 bits per heavy atom. The second kappa shape index (κ2) is 7.48. The van der Waals surface area contributed by atoms with Crippen LogP contribution in [0.4, 0.5) is 5.69 Å². The normalized spacial score (nSPS) is 18.2. The van der Waals surface area contributed by atoms with Crippen LogP contribution in [0.3, 0.4) is 0 Å². The third-order valence-electron chi connectivity index (χ3n) is 4.31. The van der Waals surface area contributed by atoms with E-state index in [0.717, 1.165) is 12.2 Å². The summed E-state index contributed by atoms with van der Waals surface area (Å²) in [5.41, 5.74) is 1.55. The van der Waals surface area contributed by atoms with Gasteiger partial charge in [-0.3, -0.25) is 14.5 Å². The van der Waals surface area contributed by atoms with Gasteiger partial charge in [-0.25, -0.2) is 4.68 Å². The Labute approximate surface area is 147 Å². The van der Waals surface area contributed by atoms with Crippen molar-refractivity contribution in [3.8, 4) is 5.69 Å². The smallest absolute Gasteiger partial charge is 0.237 e. The monoisotopic (exact) mass is 341 g/mol. The van der Waals surface area contributed by atoms with E-state index in [1.165, 1.54) is 0 Å². The average Bonchev–Trinajstić information content (AvgIpc) is 3.11. The number of anilines is 1. The van der Waals surface area contributed by atoms with Crippen molar-refractivity contribution in [3.63, 3.8) is 0 Å². The molecule has 3 rings (SSSR count). The number of carbonyl (C=O) groups excluding carboxylic acids is 2. The van der Waals surface area contributed by atoms with Crippen LogP contribution in [0.15, 0.2) is 42.7 Å². The van der Waals surface area contributed by atoms with Gasteiger partial charge in [0.05, 0.1) is 18.2 Å². The summed E-state index contributed by atoms with van der Waals surface area (Å²) in [7, 11) is 0. The molecule has 7 heteroatoms. The van der Waals surface area contributed by atoms with E-state index in [-0.39, 0.29) is 24.3 Å². The van der Waals surface area contributed by atoms with Crippen molar-refractivity contribution in [3.05, 3.63) is 42.7 Å². The van der Waals surface area contributed by atoms with E-state index in [1.54, 1.807) is 10.9 Å². The molecule has 0 bridgehead atoms. The number of aromatic nitrogens is 2. The molecule has 132 valence electrons. The van der Waals surface area contributed by atoms with Crippen LogP contribution in [-0.4, -0.2) is 51.7 Å². The van der Waals surface area contributed by atoms with Crippen LogP contribution in [0, 0.1) is 0 Å². The van der Waals surface area contributed by atoms with Crippen LogP contribution in [0.25, 0.3) is 5.69 Å². The first kappa shape index (κ1) is 17.2. The van der Waals surface area contributed by atoms with E-state index in [2.05, 4.69) is 20.6 Å². The summed E-state index contributed by atoms with van der Waals surface area (Å²) in [6.07, 6.45) is 3.68. The largest absolute Gasteiger partial charge is 0.353 e. The second-order valence-electron chi connectivity index (χ2n) is 6.39. The highest BCUT2D eigenvalue weighted by Crippen LogP contribution is 2.17. The summed E-state index contributed by atoms with van der Waals surface area (Å²) in [5, 5.41) is 9.91. The molecule has 1 atom stereocenters. The first-order valence-electron chi connectivity index (χ1n) is 8.48. The molecule has 1 fully saturated rings. The van der Waals surface area contributed by atoms with Gasteiger partial charge in [-0.05, 0) is 38.1 Å². The van der Waals surface area contributed by atoms with Gasteiger partial charge in [0.15, 0.2) is 0 Å². The molecule has 1 unspecified atom stereocenters.